The minimum absolute atomic E-state index is 0.0108. The maximum Gasteiger partial charge on any atom is 0.268 e. The minimum Gasteiger partial charge on any atom is -0.329 e. The Labute approximate surface area is 104 Å². The van der Waals surface area contributed by atoms with Crippen LogP contribution in [0.1, 0.15) is 9.67 Å². The molecule has 1 heterocycles. The second-order valence-electron chi connectivity index (χ2n) is 3.56. The summed E-state index contributed by atoms with van der Waals surface area (Å²) in [5, 5.41) is 1.90. The molecule has 0 unspecified atom stereocenters. The fourth-order valence-electron chi connectivity index (χ4n) is 1.62. The molecule has 17 heavy (non-hydrogen) atoms. The number of hydrogen-bond donors (Lipinski definition) is 1. The summed E-state index contributed by atoms with van der Waals surface area (Å²) in [6.07, 6.45) is 0. The van der Waals surface area contributed by atoms with E-state index < -0.39 is 0 Å². The minimum atomic E-state index is 0.0108. The van der Waals surface area contributed by atoms with Crippen LogP contribution in [-0.2, 0) is 0 Å². The maximum absolute atomic E-state index is 12.3. The van der Waals surface area contributed by atoms with Crippen LogP contribution in [0.2, 0.25) is 0 Å². The molecule has 0 fully saturated rings. The standard InChI is InChI=1S/C13H14N2OS/c14-8-9-15(11-5-2-1-3-6-11)13(16)12-7-4-10-17-12/h1-7,10H,8-9,14H2. The van der Waals surface area contributed by atoms with Crippen molar-refractivity contribution in [3.63, 3.8) is 0 Å². The Balaban J connectivity index is 2.27. The number of carbonyl (C=O) groups is 1. The van der Waals surface area contributed by atoms with E-state index in [2.05, 4.69) is 0 Å². The normalized spacial score (nSPS) is 10.2. The third-order valence-electron chi connectivity index (χ3n) is 2.40. The Morgan fingerprint density at radius 2 is 1.94 bits per heavy atom. The zero-order valence-electron chi connectivity index (χ0n) is 9.37. The van der Waals surface area contributed by atoms with E-state index in [4.69, 9.17) is 5.73 Å². The molecule has 4 heteroatoms. The highest BCUT2D eigenvalue weighted by atomic mass is 32.1. The Bertz CT molecular complexity index is 467. The Kier molecular flexibility index (Phi) is 3.90. The topological polar surface area (TPSA) is 46.3 Å². The predicted molar refractivity (Wildman–Crippen MR) is 71.5 cm³/mol. The first-order valence-corrected chi connectivity index (χ1v) is 6.31. The van der Waals surface area contributed by atoms with Gasteiger partial charge in [-0.2, -0.15) is 0 Å². The highest BCUT2D eigenvalue weighted by Gasteiger charge is 2.17. The molecule has 1 aromatic carbocycles. The van der Waals surface area contributed by atoms with Crippen molar-refractivity contribution in [3.8, 4) is 0 Å². The lowest BCUT2D eigenvalue weighted by Gasteiger charge is -2.21. The lowest BCUT2D eigenvalue weighted by Crippen LogP contribution is -2.34. The van der Waals surface area contributed by atoms with Gasteiger partial charge in [0.2, 0.25) is 0 Å². The molecule has 0 spiro atoms. The average Bonchev–Trinajstić information content (AvgIpc) is 2.90. The van der Waals surface area contributed by atoms with Crippen LogP contribution in [0.25, 0.3) is 0 Å². The molecular weight excluding hydrogens is 232 g/mol. The summed E-state index contributed by atoms with van der Waals surface area (Å²) in [6, 6.07) is 13.3. The van der Waals surface area contributed by atoms with Crippen molar-refractivity contribution in [2.45, 2.75) is 0 Å². The Hall–Kier alpha value is -1.65. The van der Waals surface area contributed by atoms with Gasteiger partial charge < -0.3 is 10.6 Å². The summed E-state index contributed by atoms with van der Waals surface area (Å²) in [7, 11) is 0. The summed E-state index contributed by atoms with van der Waals surface area (Å²) in [5.41, 5.74) is 6.45. The molecule has 1 aromatic heterocycles. The van der Waals surface area contributed by atoms with Gasteiger partial charge in [0.1, 0.15) is 0 Å². The van der Waals surface area contributed by atoms with E-state index in [1.165, 1.54) is 11.3 Å². The third-order valence-corrected chi connectivity index (χ3v) is 3.26. The lowest BCUT2D eigenvalue weighted by molar-refractivity contribution is 0.0991. The van der Waals surface area contributed by atoms with Crippen molar-refractivity contribution >= 4 is 22.9 Å². The molecule has 0 atom stereocenters. The molecule has 2 N–H and O–H groups in total. The number of hydrogen-bond acceptors (Lipinski definition) is 3. The summed E-state index contributed by atoms with van der Waals surface area (Å²) >= 11 is 1.45. The van der Waals surface area contributed by atoms with Gasteiger partial charge in [0.05, 0.1) is 4.88 Å². The van der Waals surface area contributed by atoms with E-state index in [0.717, 1.165) is 10.6 Å². The molecule has 0 aliphatic heterocycles. The highest BCUT2D eigenvalue weighted by molar-refractivity contribution is 7.12. The molecule has 0 saturated carbocycles. The zero-order valence-corrected chi connectivity index (χ0v) is 10.2. The number of benzene rings is 1. The van der Waals surface area contributed by atoms with E-state index in [1.54, 1.807) is 4.90 Å². The number of carbonyl (C=O) groups excluding carboxylic acids is 1. The molecule has 2 aromatic rings. The van der Waals surface area contributed by atoms with Crippen LogP contribution < -0.4 is 10.6 Å². The largest absolute Gasteiger partial charge is 0.329 e. The van der Waals surface area contributed by atoms with Crippen LogP contribution in [0.4, 0.5) is 5.69 Å². The third kappa shape index (κ3) is 2.72. The van der Waals surface area contributed by atoms with E-state index in [0.29, 0.717) is 13.1 Å². The van der Waals surface area contributed by atoms with Gasteiger partial charge in [0.25, 0.3) is 5.91 Å². The van der Waals surface area contributed by atoms with Gasteiger partial charge in [-0.1, -0.05) is 24.3 Å². The van der Waals surface area contributed by atoms with E-state index >= 15 is 0 Å². The van der Waals surface area contributed by atoms with Crippen molar-refractivity contribution in [2.24, 2.45) is 5.73 Å². The Morgan fingerprint density at radius 1 is 1.18 bits per heavy atom. The van der Waals surface area contributed by atoms with Crippen LogP contribution in [0.5, 0.6) is 0 Å². The maximum atomic E-state index is 12.3. The van der Waals surface area contributed by atoms with Crippen molar-refractivity contribution in [1.29, 1.82) is 0 Å². The first-order valence-electron chi connectivity index (χ1n) is 5.43. The highest BCUT2D eigenvalue weighted by Crippen LogP contribution is 2.18. The van der Waals surface area contributed by atoms with Crippen molar-refractivity contribution < 1.29 is 4.79 Å². The summed E-state index contributed by atoms with van der Waals surface area (Å²) < 4.78 is 0. The van der Waals surface area contributed by atoms with E-state index in [9.17, 15) is 4.79 Å². The molecule has 2 rings (SSSR count). The van der Waals surface area contributed by atoms with Crippen LogP contribution in [0.3, 0.4) is 0 Å². The molecule has 1 amide bonds. The number of thiophene rings is 1. The average molecular weight is 246 g/mol. The number of nitrogens with zero attached hydrogens (tertiary/aromatic N) is 1. The van der Waals surface area contributed by atoms with Crippen molar-refractivity contribution in [3.05, 3.63) is 52.7 Å². The van der Waals surface area contributed by atoms with E-state index in [1.807, 2.05) is 47.8 Å². The number of nitrogens with two attached hydrogens (primary N) is 1. The van der Waals surface area contributed by atoms with Crippen molar-refractivity contribution in [1.82, 2.24) is 0 Å². The van der Waals surface area contributed by atoms with Gasteiger partial charge in [-0.25, -0.2) is 0 Å². The molecule has 0 radical (unpaired) electrons. The molecular formula is C13H14N2OS. The van der Waals surface area contributed by atoms with E-state index in [-0.39, 0.29) is 5.91 Å². The smallest absolute Gasteiger partial charge is 0.268 e. The van der Waals surface area contributed by atoms with Gasteiger partial charge in [0.15, 0.2) is 0 Å². The molecule has 88 valence electrons. The number of rotatable bonds is 4. The van der Waals surface area contributed by atoms with Gasteiger partial charge in [-0.15, -0.1) is 11.3 Å². The molecule has 0 saturated heterocycles. The first kappa shape index (κ1) is 11.8. The quantitative estimate of drug-likeness (QED) is 0.900. The van der Waals surface area contributed by atoms with Gasteiger partial charge in [-0.05, 0) is 23.6 Å². The van der Waals surface area contributed by atoms with Crippen LogP contribution in [0, 0.1) is 0 Å². The fourth-order valence-corrected chi connectivity index (χ4v) is 2.29. The summed E-state index contributed by atoms with van der Waals surface area (Å²) in [4.78, 5) is 14.7. The van der Waals surface area contributed by atoms with Crippen LogP contribution >= 0.6 is 11.3 Å². The predicted octanol–water partition coefficient (Wildman–Crippen LogP) is 2.35. The molecule has 0 bridgehead atoms. The van der Waals surface area contributed by atoms with Gasteiger partial charge >= 0.3 is 0 Å². The number of anilines is 1. The second kappa shape index (κ2) is 5.61. The van der Waals surface area contributed by atoms with Gasteiger partial charge in [0, 0.05) is 18.8 Å². The number of amides is 1. The molecule has 0 aliphatic rings. The SMILES string of the molecule is NCCN(C(=O)c1cccs1)c1ccccc1. The first-order chi connectivity index (χ1) is 8.33. The van der Waals surface area contributed by atoms with Crippen molar-refractivity contribution in [2.75, 3.05) is 18.0 Å². The Morgan fingerprint density at radius 3 is 2.53 bits per heavy atom. The van der Waals surface area contributed by atoms with Gasteiger partial charge in [-0.3, -0.25) is 4.79 Å². The summed E-state index contributed by atoms with van der Waals surface area (Å²) in [6.45, 7) is 0.979. The molecule has 0 aliphatic carbocycles. The second-order valence-corrected chi connectivity index (χ2v) is 4.51. The monoisotopic (exact) mass is 246 g/mol. The number of para-hydroxylation sites is 1. The lowest BCUT2D eigenvalue weighted by atomic mass is 10.2. The van der Waals surface area contributed by atoms with Crippen LogP contribution in [0.15, 0.2) is 47.8 Å². The fraction of sp³-hybridized carbons (Fsp3) is 0.154. The molecule has 3 nitrogen and oxygen atoms in total. The zero-order chi connectivity index (χ0) is 12.1. The summed E-state index contributed by atoms with van der Waals surface area (Å²) in [5.74, 6) is 0.0108. The van der Waals surface area contributed by atoms with Crippen LogP contribution in [-0.4, -0.2) is 19.0 Å².